The maximum absolute atomic E-state index is 13.5. The third-order valence-electron chi connectivity index (χ3n) is 2.37. The minimum atomic E-state index is -0.767. The van der Waals surface area contributed by atoms with Gasteiger partial charge in [-0.05, 0) is 18.6 Å². The molecule has 0 aliphatic carbocycles. The Hall–Kier alpha value is -1.71. The fourth-order valence-electron chi connectivity index (χ4n) is 1.44. The molecule has 0 amide bonds. The highest BCUT2D eigenvalue weighted by Gasteiger charge is 2.10. The Morgan fingerprint density at radius 2 is 1.89 bits per heavy atom. The van der Waals surface area contributed by atoms with Crippen LogP contribution in [-0.4, -0.2) is 33.5 Å². The fraction of sp³-hybridized carbons (Fsp3) is 0.462. The van der Waals surface area contributed by atoms with Crippen LogP contribution in [0, 0.1) is 23.0 Å². The van der Waals surface area contributed by atoms with Crippen molar-refractivity contribution in [2.75, 3.05) is 38.8 Å². The smallest absolute Gasteiger partial charge is 0.150 e. The second-order valence-electron chi connectivity index (χ2n) is 3.81. The van der Waals surface area contributed by atoms with Crippen LogP contribution in [0.3, 0.4) is 0 Å². The third kappa shape index (κ3) is 5.20. The van der Waals surface area contributed by atoms with Gasteiger partial charge in [0.2, 0.25) is 0 Å². The highest BCUT2D eigenvalue weighted by atomic mass is 19.1. The maximum Gasteiger partial charge on any atom is 0.150 e. The number of nitrogens with one attached hydrogen (secondary N) is 1. The molecule has 4 nitrogen and oxygen atoms in total. The van der Waals surface area contributed by atoms with Gasteiger partial charge < -0.3 is 14.8 Å². The van der Waals surface area contributed by atoms with E-state index in [-0.39, 0.29) is 11.3 Å². The van der Waals surface area contributed by atoms with E-state index in [2.05, 4.69) is 5.32 Å². The van der Waals surface area contributed by atoms with E-state index in [1.54, 1.807) is 13.2 Å². The Morgan fingerprint density at radius 1 is 1.21 bits per heavy atom. The molecule has 1 N–H and O–H groups in total. The molecule has 19 heavy (non-hydrogen) atoms. The Bertz CT molecular complexity index is 424. The molecule has 0 aliphatic rings. The molecule has 0 aliphatic heterocycles. The normalized spacial score (nSPS) is 10.2. The summed E-state index contributed by atoms with van der Waals surface area (Å²) in [7, 11) is 1.58. The molecular formula is C13H16F2N2O2. The lowest BCUT2D eigenvalue weighted by Gasteiger charge is -2.09. The largest absolute Gasteiger partial charge is 0.382 e. The van der Waals surface area contributed by atoms with Crippen molar-refractivity contribution in [3.8, 4) is 6.07 Å². The van der Waals surface area contributed by atoms with Gasteiger partial charge in [-0.25, -0.2) is 8.78 Å². The van der Waals surface area contributed by atoms with Gasteiger partial charge in [0.1, 0.15) is 5.69 Å². The SMILES string of the molecule is COCCOCCCNc1c(F)cc(C#N)cc1F. The van der Waals surface area contributed by atoms with Crippen LogP contribution in [0.25, 0.3) is 0 Å². The van der Waals surface area contributed by atoms with Gasteiger partial charge in [0, 0.05) is 20.3 Å². The van der Waals surface area contributed by atoms with E-state index in [1.165, 1.54) is 0 Å². The van der Waals surface area contributed by atoms with Crippen LogP contribution in [0.4, 0.5) is 14.5 Å². The van der Waals surface area contributed by atoms with Crippen LogP contribution < -0.4 is 5.32 Å². The number of hydrogen-bond donors (Lipinski definition) is 1. The summed E-state index contributed by atoms with van der Waals surface area (Å²) in [5.41, 5.74) is -0.251. The molecule has 0 fully saturated rings. The Morgan fingerprint density at radius 3 is 2.47 bits per heavy atom. The monoisotopic (exact) mass is 270 g/mol. The number of halogens is 2. The molecule has 0 atom stereocenters. The van der Waals surface area contributed by atoms with Gasteiger partial charge in [0.15, 0.2) is 11.6 Å². The zero-order valence-electron chi connectivity index (χ0n) is 10.7. The lowest BCUT2D eigenvalue weighted by molar-refractivity contribution is 0.0705. The molecule has 0 saturated carbocycles. The summed E-state index contributed by atoms with van der Waals surface area (Å²) in [5, 5.41) is 11.2. The number of anilines is 1. The number of benzene rings is 1. The van der Waals surface area contributed by atoms with E-state index < -0.39 is 11.6 Å². The number of hydrogen-bond acceptors (Lipinski definition) is 4. The first-order valence-corrected chi connectivity index (χ1v) is 5.88. The second-order valence-corrected chi connectivity index (χ2v) is 3.81. The lowest BCUT2D eigenvalue weighted by atomic mass is 10.2. The van der Waals surface area contributed by atoms with Gasteiger partial charge in [-0.2, -0.15) is 5.26 Å². The standard InChI is InChI=1S/C13H16F2N2O2/c1-18-5-6-19-4-2-3-17-13-11(14)7-10(9-16)8-12(13)15/h7-8,17H,2-6H2,1H3. The number of ether oxygens (including phenoxy) is 2. The predicted octanol–water partition coefficient (Wildman–Crippen LogP) is 2.30. The Kier molecular flexibility index (Phi) is 6.79. The number of nitriles is 1. The molecule has 0 saturated heterocycles. The molecule has 104 valence electrons. The van der Waals surface area contributed by atoms with E-state index in [0.29, 0.717) is 32.8 Å². The summed E-state index contributed by atoms with van der Waals surface area (Å²) >= 11 is 0. The van der Waals surface area contributed by atoms with Crippen LogP contribution in [0.5, 0.6) is 0 Å². The van der Waals surface area contributed by atoms with Gasteiger partial charge in [0.05, 0.1) is 24.8 Å². The molecule has 1 rings (SSSR count). The molecule has 0 heterocycles. The van der Waals surface area contributed by atoms with E-state index in [4.69, 9.17) is 14.7 Å². The van der Waals surface area contributed by atoms with Crippen molar-refractivity contribution in [2.24, 2.45) is 0 Å². The first kappa shape index (κ1) is 15.3. The van der Waals surface area contributed by atoms with Crippen LogP contribution in [0.1, 0.15) is 12.0 Å². The predicted molar refractivity (Wildman–Crippen MR) is 66.9 cm³/mol. The van der Waals surface area contributed by atoms with Gasteiger partial charge in [-0.1, -0.05) is 0 Å². The van der Waals surface area contributed by atoms with Crippen molar-refractivity contribution >= 4 is 5.69 Å². The average molecular weight is 270 g/mol. The Balaban J connectivity index is 2.36. The van der Waals surface area contributed by atoms with Gasteiger partial charge in [-0.3, -0.25) is 0 Å². The number of rotatable bonds is 8. The van der Waals surface area contributed by atoms with Crippen molar-refractivity contribution in [3.63, 3.8) is 0 Å². The fourth-order valence-corrected chi connectivity index (χ4v) is 1.44. The molecule has 0 aromatic heterocycles. The molecule has 0 unspecified atom stereocenters. The van der Waals surface area contributed by atoms with Crippen LogP contribution >= 0.6 is 0 Å². The summed E-state index contributed by atoms with van der Waals surface area (Å²) in [5.74, 6) is -1.53. The van der Waals surface area contributed by atoms with Gasteiger partial charge >= 0.3 is 0 Å². The summed E-state index contributed by atoms with van der Waals surface area (Å²) in [6.45, 7) is 1.88. The molecule has 1 aromatic carbocycles. The first-order chi connectivity index (χ1) is 9.19. The average Bonchev–Trinajstić information content (AvgIpc) is 2.40. The van der Waals surface area contributed by atoms with Gasteiger partial charge in [-0.15, -0.1) is 0 Å². The molecular weight excluding hydrogens is 254 g/mol. The van der Waals surface area contributed by atoms with Gasteiger partial charge in [0.25, 0.3) is 0 Å². The molecule has 1 aromatic rings. The highest BCUT2D eigenvalue weighted by molar-refractivity contribution is 5.50. The van der Waals surface area contributed by atoms with Crippen molar-refractivity contribution in [1.29, 1.82) is 5.26 Å². The zero-order valence-corrected chi connectivity index (χ0v) is 10.7. The van der Waals surface area contributed by atoms with Crippen molar-refractivity contribution in [3.05, 3.63) is 29.3 Å². The lowest BCUT2D eigenvalue weighted by Crippen LogP contribution is -2.10. The second kappa shape index (κ2) is 8.40. The zero-order chi connectivity index (χ0) is 14.1. The third-order valence-corrected chi connectivity index (χ3v) is 2.37. The van der Waals surface area contributed by atoms with Crippen LogP contribution in [0.15, 0.2) is 12.1 Å². The minimum absolute atomic E-state index is 0.0385. The number of nitrogens with zero attached hydrogens (tertiary/aromatic N) is 1. The summed E-state index contributed by atoms with van der Waals surface area (Å²) in [4.78, 5) is 0. The van der Waals surface area contributed by atoms with Crippen molar-refractivity contribution in [1.82, 2.24) is 0 Å². The summed E-state index contributed by atoms with van der Waals surface area (Å²) in [6, 6.07) is 3.69. The van der Waals surface area contributed by atoms with Crippen molar-refractivity contribution in [2.45, 2.75) is 6.42 Å². The van der Waals surface area contributed by atoms with E-state index in [9.17, 15) is 8.78 Å². The van der Waals surface area contributed by atoms with Crippen molar-refractivity contribution < 1.29 is 18.3 Å². The number of methoxy groups -OCH3 is 1. The molecule has 0 bridgehead atoms. The van der Waals surface area contributed by atoms with Crippen LogP contribution in [0.2, 0.25) is 0 Å². The topological polar surface area (TPSA) is 54.3 Å². The molecule has 6 heteroatoms. The highest BCUT2D eigenvalue weighted by Crippen LogP contribution is 2.20. The molecule has 0 spiro atoms. The van der Waals surface area contributed by atoms with Crippen LogP contribution in [-0.2, 0) is 9.47 Å². The summed E-state index contributed by atoms with van der Waals surface area (Å²) < 4.78 is 37.0. The quantitative estimate of drug-likeness (QED) is 0.736. The first-order valence-electron chi connectivity index (χ1n) is 5.88. The maximum atomic E-state index is 13.5. The summed E-state index contributed by atoms with van der Waals surface area (Å²) in [6.07, 6.45) is 0.614. The van der Waals surface area contributed by atoms with E-state index in [0.717, 1.165) is 12.1 Å². The van der Waals surface area contributed by atoms with E-state index >= 15 is 0 Å². The Labute approximate surface area is 110 Å². The van der Waals surface area contributed by atoms with E-state index in [1.807, 2.05) is 0 Å². The molecule has 0 radical (unpaired) electrons. The minimum Gasteiger partial charge on any atom is -0.382 e.